The maximum atomic E-state index is 12.8. The van der Waals surface area contributed by atoms with Crippen LogP contribution in [0.1, 0.15) is 44.2 Å². The molecule has 0 spiro atoms. The molecule has 25 heavy (non-hydrogen) atoms. The third kappa shape index (κ3) is 3.93. The van der Waals surface area contributed by atoms with Crippen molar-refractivity contribution < 1.29 is 9.53 Å². The van der Waals surface area contributed by atoms with E-state index in [2.05, 4.69) is 45.0 Å². The standard InChI is InChI=1S/C22H25NO2/c1-4-19-15-23(20-7-5-6-8-21(20)25-19)22(24)14-11-17-9-12-18(13-10-17)16(2)3/h5-14,16,19H,4,15H2,1-3H3/b14-11+. The van der Waals surface area contributed by atoms with E-state index in [0.29, 0.717) is 12.5 Å². The zero-order valence-corrected chi connectivity index (χ0v) is 15.1. The van der Waals surface area contributed by atoms with Gasteiger partial charge in [-0.25, -0.2) is 0 Å². The van der Waals surface area contributed by atoms with Crippen LogP contribution in [-0.2, 0) is 4.79 Å². The molecule has 1 aliphatic rings. The number of ether oxygens (including phenoxy) is 1. The van der Waals surface area contributed by atoms with E-state index in [-0.39, 0.29) is 12.0 Å². The highest BCUT2D eigenvalue weighted by Gasteiger charge is 2.27. The van der Waals surface area contributed by atoms with Gasteiger partial charge in [0.05, 0.1) is 12.2 Å². The van der Waals surface area contributed by atoms with E-state index in [9.17, 15) is 4.79 Å². The number of hydrogen-bond acceptors (Lipinski definition) is 2. The molecule has 1 amide bonds. The van der Waals surface area contributed by atoms with Crippen molar-refractivity contribution in [3.05, 3.63) is 65.7 Å². The highest BCUT2D eigenvalue weighted by atomic mass is 16.5. The van der Waals surface area contributed by atoms with Gasteiger partial charge >= 0.3 is 0 Å². The van der Waals surface area contributed by atoms with Gasteiger partial charge in [0.2, 0.25) is 0 Å². The summed E-state index contributed by atoms with van der Waals surface area (Å²) in [7, 11) is 0. The Labute approximate surface area is 149 Å². The molecule has 0 aliphatic carbocycles. The highest BCUT2D eigenvalue weighted by Crippen LogP contribution is 2.33. The van der Waals surface area contributed by atoms with E-state index in [1.54, 1.807) is 6.08 Å². The van der Waals surface area contributed by atoms with E-state index < -0.39 is 0 Å². The second-order valence-corrected chi connectivity index (χ2v) is 6.72. The van der Waals surface area contributed by atoms with Crippen LogP contribution < -0.4 is 9.64 Å². The van der Waals surface area contributed by atoms with Crippen LogP contribution in [0.25, 0.3) is 6.08 Å². The summed E-state index contributed by atoms with van der Waals surface area (Å²) in [6.07, 6.45) is 4.45. The molecule has 0 saturated carbocycles. The molecule has 3 nitrogen and oxygen atoms in total. The highest BCUT2D eigenvalue weighted by molar-refractivity contribution is 6.05. The Bertz CT molecular complexity index is 762. The van der Waals surface area contributed by atoms with E-state index in [4.69, 9.17) is 4.74 Å². The van der Waals surface area contributed by atoms with Crippen LogP contribution in [0.3, 0.4) is 0 Å². The predicted octanol–water partition coefficient (Wildman–Crippen LogP) is 5.03. The molecule has 3 rings (SSSR count). The minimum absolute atomic E-state index is 0.0119. The predicted molar refractivity (Wildman–Crippen MR) is 103 cm³/mol. The second-order valence-electron chi connectivity index (χ2n) is 6.72. The first kappa shape index (κ1) is 17.3. The topological polar surface area (TPSA) is 29.5 Å². The first-order valence-electron chi connectivity index (χ1n) is 8.93. The molecule has 1 atom stereocenters. The van der Waals surface area contributed by atoms with Gasteiger partial charge in [-0.1, -0.05) is 57.2 Å². The van der Waals surface area contributed by atoms with Crippen molar-refractivity contribution in [1.29, 1.82) is 0 Å². The number of carbonyl (C=O) groups is 1. The van der Waals surface area contributed by atoms with Gasteiger partial charge in [0.15, 0.2) is 0 Å². The molecule has 2 aromatic rings. The smallest absolute Gasteiger partial charge is 0.251 e. The van der Waals surface area contributed by atoms with Gasteiger partial charge in [-0.3, -0.25) is 4.79 Å². The third-order valence-electron chi connectivity index (χ3n) is 4.58. The lowest BCUT2D eigenvalue weighted by Crippen LogP contribution is -2.42. The summed E-state index contributed by atoms with van der Waals surface area (Å²) in [5, 5.41) is 0. The lowest BCUT2D eigenvalue weighted by Gasteiger charge is -2.34. The van der Waals surface area contributed by atoms with Crippen LogP contribution in [-0.4, -0.2) is 18.6 Å². The maximum Gasteiger partial charge on any atom is 0.251 e. The fraction of sp³-hybridized carbons (Fsp3) is 0.318. The summed E-state index contributed by atoms with van der Waals surface area (Å²) in [6.45, 7) is 7.01. The van der Waals surface area contributed by atoms with E-state index in [1.165, 1.54) is 5.56 Å². The Kier molecular flexibility index (Phi) is 5.22. The molecule has 130 valence electrons. The Balaban J connectivity index is 1.78. The summed E-state index contributed by atoms with van der Waals surface area (Å²) >= 11 is 0. The molecule has 1 aliphatic heterocycles. The van der Waals surface area contributed by atoms with E-state index >= 15 is 0 Å². The van der Waals surface area contributed by atoms with E-state index in [0.717, 1.165) is 23.4 Å². The number of fused-ring (bicyclic) bond motifs is 1. The summed E-state index contributed by atoms with van der Waals surface area (Å²) in [5.41, 5.74) is 3.18. The fourth-order valence-electron chi connectivity index (χ4n) is 2.97. The van der Waals surface area contributed by atoms with Gasteiger partial charge in [0.1, 0.15) is 11.9 Å². The Morgan fingerprint density at radius 3 is 2.60 bits per heavy atom. The minimum Gasteiger partial charge on any atom is -0.486 e. The molecular formula is C22H25NO2. The Hall–Kier alpha value is -2.55. The second kappa shape index (κ2) is 7.56. The molecule has 1 heterocycles. The molecule has 0 N–H and O–H groups in total. The summed E-state index contributed by atoms with van der Waals surface area (Å²) < 4.78 is 5.94. The maximum absolute atomic E-state index is 12.8. The van der Waals surface area contributed by atoms with Crippen LogP contribution in [0, 0.1) is 0 Å². The van der Waals surface area contributed by atoms with Crippen LogP contribution in [0.15, 0.2) is 54.6 Å². The molecule has 1 unspecified atom stereocenters. The summed E-state index contributed by atoms with van der Waals surface area (Å²) in [6, 6.07) is 16.1. The molecule has 0 radical (unpaired) electrons. The number of nitrogens with zero attached hydrogens (tertiary/aromatic N) is 1. The average molecular weight is 335 g/mol. The third-order valence-corrected chi connectivity index (χ3v) is 4.58. The molecular weight excluding hydrogens is 310 g/mol. The molecule has 0 saturated heterocycles. The molecule has 0 bridgehead atoms. The zero-order valence-electron chi connectivity index (χ0n) is 15.1. The number of amides is 1. The average Bonchev–Trinajstić information content (AvgIpc) is 2.65. The summed E-state index contributed by atoms with van der Waals surface area (Å²) in [4.78, 5) is 14.6. The van der Waals surface area contributed by atoms with Gasteiger partial charge < -0.3 is 9.64 Å². The molecule has 0 fully saturated rings. The zero-order chi connectivity index (χ0) is 17.8. The van der Waals surface area contributed by atoms with Crippen molar-refractivity contribution in [3.63, 3.8) is 0 Å². The number of anilines is 1. The van der Waals surface area contributed by atoms with Crippen LogP contribution >= 0.6 is 0 Å². The van der Waals surface area contributed by atoms with Crippen molar-refractivity contribution in [1.82, 2.24) is 0 Å². The van der Waals surface area contributed by atoms with Crippen LogP contribution in [0.4, 0.5) is 5.69 Å². The molecule has 2 aromatic carbocycles. The van der Waals surface area contributed by atoms with Gasteiger partial charge in [0, 0.05) is 6.08 Å². The van der Waals surface area contributed by atoms with Crippen LogP contribution in [0.2, 0.25) is 0 Å². The quantitative estimate of drug-likeness (QED) is 0.734. The SMILES string of the molecule is CCC1CN(C(=O)/C=C/c2ccc(C(C)C)cc2)c2ccccc2O1. The van der Waals surface area contributed by atoms with Gasteiger partial charge in [0.25, 0.3) is 5.91 Å². The van der Waals surface area contributed by atoms with Gasteiger partial charge in [-0.2, -0.15) is 0 Å². The first-order valence-corrected chi connectivity index (χ1v) is 8.93. The van der Waals surface area contributed by atoms with Crippen LogP contribution in [0.5, 0.6) is 5.75 Å². The lowest BCUT2D eigenvalue weighted by atomic mass is 10.0. The van der Waals surface area contributed by atoms with Crippen molar-refractivity contribution in [2.45, 2.75) is 39.2 Å². The lowest BCUT2D eigenvalue weighted by molar-refractivity contribution is -0.114. The number of hydrogen-bond donors (Lipinski definition) is 0. The summed E-state index contributed by atoms with van der Waals surface area (Å²) in [5.74, 6) is 1.28. The Morgan fingerprint density at radius 1 is 1.20 bits per heavy atom. The number of para-hydroxylation sites is 2. The van der Waals surface area contributed by atoms with Gasteiger partial charge in [-0.05, 0) is 41.7 Å². The number of carbonyl (C=O) groups excluding carboxylic acids is 1. The normalized spacial score (nSPS) is 16.8. The van der Waals surface area contributed by atoms with Gasteiger partial charge in [-0.15, -0.1) is 0 Å². The van der Waals surface area contributed by atoms with Crippen molar-refractivity contribution >= 4 is 17.7 Å². The monoisotopic (exact) mass is 335 g/mol. The van der Waals surface area contributed by atoms with Crippen molar-refractivity contribution in [2.24, 2.45) is 0 Å². The minimum atomic E-state index is -0.0119. The largest absolute Gasteiger partial charge is 0.486 e. The molecule has 3 heteroatoms. The van der Waals surface area contributed by atoms with Crippen molar-refractivity contribution in [2.75, 3.05) is 11.4 Å². The van der Waals surface area contributed by atoms with E-state index in [1.807, 2.05) is 35.2 Å². The first-order chi connectivity index (χ1) is 12.1. The number of benzene rings is 2. The fourth-order valence-corrected chi connectivity index (χ4v) is 2.97. The van der Waals surface area contributed by atoms with Crippen molar-refractivity contribution in [3.8, 4) is 5.75 Å². The Morgan fingerprint density at radius 2 is 1.92 bits per heavy atom. The number of rotatable bonds is 4. The molecule has 0 aromatic heterocycles.